The van der Waals surface area contributed by atoms with Gasteiger partial charge in [-0.05, 0) is 42.5 Å². The Morgan fingerprint density at radius 1 is 0.800 bits per heavy atom. The Balaban J connectivity index is 1.38. The van der Waals surface area contributed by atoms with E-state index >= 15 is 0 Å². The summed E-state index contributed by atoms with van der Waals surface area (Å²) in [5.41, 5.74) is 6.32. The average molecular weight is 415 g/mol. The van der Waals surface area contributed by atoms with Crippen LogP contribution in [0.3, 0.4) is 0 Å². The number of benzene rings is 2. The summed E-state index contributed by atoms with van der Waals surface area (Å²) in [6.07, 6.45) is 3.64. The maximum absolute atomic E-state index is 12.8. The molecule has 4 aromatic rings. The van der Waals surface area contributed by atoms with E-state index in [1.807, 2.05) is 41.2 Å². The normalized spacial score (nSPS) is 13.5. The van der Waals surface area contributed by atoms with Gasteiger partial charge in [-0.15, -0.1) is 0 Å². The number of Topliss-reactive ketones (excluding diaryl/α,β-unsaturated/α-hetero) is 2. The van der Waals surface area contributed by atoms with Crippen LogP contribution in [0.1, 0.15) is 20.7 Å². The van der Waals surface area contributed by atoms with Gasteiger partial charge >= 0.3 is 0 Å². The van der Waals surface area contributed by atoms with Gasteiger partial charge < -0.3 is 5.32 Å². The molecule has 0 atom stereocenters. The van der Waals surface area contributed by atoms with Crippen molar-refractivity contribution < 1.29 is 9.59 Å². The number of hydrogen-bond donors (Lipinski definition) is 2. The molecule has 0 saturated carbocycles. The number of anilines is 2. The lowest BCUT2D eigenvalue weighted by atomic mass is 9.92. The van der Waals surface area contributed by atoms with Crippen molar-refractivity contribution in [3.8, 4) is 0 Å². The Labute approximate surface area is 176 Å². The molecule has 0 bridgehead atoms. The van der Waals surface area contributed by atoms with E-state index in [2.05, 4.69) is 15.7 Å². The van der Waals surface area contributed by atoms with Gasteiger partial charge in [-0.25, -0.2) is 9.66 Å². The third-order valence-electron chi connectivity index (χ3n) is 4.91. The van der Waals surface area contributed by atoms with Gasteiger partial charge in [-0.2, -0.15) is 0 Å². The van der Waals surface area contributed by atoms with E-state index < -0.39 is 0 Å². The number of fused-ring (bicyclic) bond motifs is 2. The molecule has 0 amide bonds. The summed E-state index contributed by atoms with van der Waals surface area (Å²) < 4.78 is 1.83. The summed E-state index contributed by atoms with van der Waals surface area (Å²) in [7, 11) is 0. The van der Waals surface area contributed by atoms with E-state index in [0.29, 0.717) is 16.8 Å². The van der Waals surface area contributed by atoms with Gasteiger partial charge in [-0.3, -0.25) is 15.0 Å². The van der Waals surface area contributed by atoms with Crippen molar-refractivity contribution in [1.29, 1.82) is 0 Å². The topological polar surface area (TPSA) is 76.0 Å². The van der Waals surface area contributed by atoms with Gasteiger partial charge in [0.05, 0.1) is 5.69 Å². The predicted octanol–water partition coefficient (Wildman–Crippen LogP) is 4.85. The maximum Gasteiger partial charge on any atom is 0.211 e. The second-order valence-electron chi connectivity index (χ2n) is 6.81. The minimum atomic E-state index is -0.361. The smallest absolute Gasteiger partial charge is 0.211 e. The Bertz CT molecular complexity index is 1340. The zero-order chi connectivity index (χ0) is 20.7. The monoisotopic (exact) mass is 414 g/mol. The molecule has 1 aliphatic rings. The van der Waals surface area contributed by atoms with Crippen LogP contribution in [0.4, 0.5) is 11.4 Å². The largest absolute Gasteiger partial charge is 0.351 e. The van der Waals surface area contributed by atoms with Crippen LogP contribution in [-0.2, 0) is 0 Å². The van der Waals surface area contributed by atoms with E-state index in [4.69, 9.17) is 11.6 Å². The summed E-state index contributed by atoms with van der Waals surface area (Å²) in [5, 5.41) is 3.93. The minimum Gasteiger partial charge on any atom is -0.351 e. The number of carbonyl (C=O) groups excluding carboxylic acids is 2. The number of carbonyl (C=O) groups is 2. The quantitative estimate of drug-likeness (QED) is 0.499. The van der Waals surface area contributed by atoms with Crippen LogP contribution in [-0.4, -0.2) is 21.2 Å². The number of halogens is 1. The highest BCUT2D eigenvalue weighted by molar-refractivity contribution is 6.50. The lowest BCUT2D eigenvalue weighted by molar-refractivity contribution is 0.0982. The molecular weight excluding hydrogens is 400 g/mol. The molecule has 0 spiro atoms. The molecule has 6 nitrogen and oxygen atoms in total. The van der Waals surface area contributed by atoms with Crippen molar-refractivity contribution in [2.24, 2.45) is 0 Å². The van der Waals surface area contributed by atoms with Crippen LogP contribution in [0.25, 0.3) is 11.0 Å². The molecule has 0 aliphatic heterocycles. The number of hydrogen-bond acceptors (Lipinski definition) is 5. The maximum atomic E-state index is 12.8. The average Bonchev–Trinajstić information content (AvgIpc) is 3.19. The van der Waals surface area contributed by atoms with E-state index in [9.17, 15) is 9.59 Å². The van der Waals surface area contributed by atoms with Crippen molar-refractivity contribution in [3.63, 3.8) is 0 Å². The highest BCUT2D eigenvalue weighted by Gasteiger charge is 2.31. The van der Waals surface area contributed by atoms with E-state index in [0.717, 1.165) is 16.7 Å². The molecular formula is C23H15ClN4O2. The van der Waals surface area contributed by atoms with Crippen LogP contribution in [0.2, 0.25) is 0 Å². The second-order valence-corrected chi connectivity index (χ2v) is 7.19. The van der Waals surface area contributed by atoms with Crippen molar-refractivity contribution in [1.82, 2.24) is 9.66 Å². The lowest BCUT2D eigenvalue weighted by Crippen LogP contribution is -2.24. The molecule has 2 aromatic heterocycles. The van der Waals surface area contributed by atoms with Crippen LogP contribution >= 0.6 is 11.6 Å². The van der Waals surface area contributed by atoms with Crippen LogP contribution < -0.4 is 10.7 Å². The zero-order valence-corrected chi connectivity index (χ0v) is 16.4. The van der Waals surface area contributed by atoms with Crippen molar-refractivity contribution in [2.75, 3.05) is 10.7 Å². The minimum absolute atomic E-state index is 0.0849. The third kappa shape index (κ3) is 3.03. The predicted molar refractivity (Wildman–Crippen MR) is 117 cm³/mol. The highest BCUT2D eigenvalue weighted by atomic mass is 35.5. The third-order valence-corrected chi connectivity index (χ3v) is 5.27. The fourth-order valence-corrected chi connectivity index (χ4v) is 3.66. The molecule has 2 aromatic carbocycles. The number of nitrogens with one attached hydrogen (secondary N) is 2. The Hall–Kier alpha value is -3.90. The Morgan fingerprint density at radius 2 is 1.50 bits per heavy atom. The number of allylic oxidation sites excluding steroid dienone is 2. The van der Waals surface area contributed by atoms with Gasteiger partial charge in [0.1, 0.15) is 10.7 Å². The number of nitrogens with zero attached hydrogens (tertiary/aromatic N) is 2. The number of ketones is 2. The first kappa shape index (κ1) is 18.1. The molecule has 7 heteroatoms. The fraction of sp³-hybridized carbons (Fsp3) is 0. The second kappa shape index (κ2) is 7.17. The van der Waals surface area contributed by atoms with Crippen molar-refractivity contribution >= 4 is 45.6 Å². The molecule has 30 heavy (non-hydrogen) atoms. The summed E-state index contributed by atoms with van der Waals surface area (Å²) in [6.45, 7) is 0. The lowest BCUT2D eigenvalue weighted by Gasteiger charge is -2.19. The SMILES string of the molecule is O=C1C(Cl)=C(Nc2ccc(Nn3ccc4cccnc43)cc2)C(=O)c2ccccc21. The fourth-order valence-electron chi connectivity index (χ4n) is 3.42. The van der Waals surface area contributed by atoms with Crippen molar-refractivity contribution in [3.05, 3.63) is 101 Å². The molecule has 2 heterocycles. The highest BCUT2D eigenvalue weighted by Crippen LogP contribution is 2.29. The van der Waals surface area contributed by atoms with Gasteiger partial charge in [-0.1, -0.05) is 35.9 Å². The Kier molecular flexibility index (Phi) is 4.34. The summed E-state index contributed by atoms with van der Waals surface area (Å²) in [6, 6.07) is 19.8. The van der Waals surface area contributed by atoms with Gasteiger partial charge in [0, 0.05) is 34.6 Å². The number of aromatic nitrogens is 2. The summed E-state index contributed by atoms with van der Waals surface area (Å²) in [4.78, 5) is 29.7. The van der Waals surface area contributed by atoms with Crippen molar-refractivity contribution in [2.45, 2.75) is 0 Å². The summed E-state index contributed by atoms with van der Waals surface area (Å²) in [5.74, 6) is -0.665. The van der Waals surface area contributed by atoms with Gasteiger partial charge in [0.25, 0.3) is 0 Å². The first-order valence-corrected chi connectivity index (χ1v) is 9.64. The van der Waals surface area contributed by atoms with E-state index in [1.54, 1.807) is 42.6 Å². The molecule has 0 radical (unpaired) electrons. The van der Waals surface area contributed by atoms with Gasteiger partial charge in [0.2, 0.25) is 11.6 Å². The molecule has 0 unspecified atom stereocenters. The van der Waals surface area contributed by atoms with Crippen LogP contribution in [0, 0.1) is 0 Å². The van der Waals surface area contributed by atoms with Crippen LogP contribution in [0.5, 0.6) is 0 Å². The molecule has 0 fully saturated rings. The first-order chi connectivity index (χ1) is 14.6. The standard InChI is InChI=1S/C23H15ClN4O2/c24-19-20(22(30)18-6-2-1-5-17(18)21(19)29)26-15-7-9-16(10-8-15)27-28-13-11-14-4-3-12-25-23(14)28/h1-13,26-27H. The van der Waals surface area contributed by atoms with E-state index in [-0.39, 0.29) is 22.3 Å². The molecule has 0 saturated heterocycles. The first-order valence-electron chi connectivity index (χ1n) is 9.26. The summed E-state index contributed by atoms with van der Waals surface area (Å²) >= 11 is 6.21. The molecule has 2 N–H and O–H groups in total. The molecule has 5 rings (SSSR count). The van der Waals surface area contributed by atoms with Crippen LogP contribution in [0.15, 0.2) is 89.9 Å². The molecule has 146 valence electrons. The van der Waals surface area contributed by atoms with Gasteiger partial charge in [0.15, 0.2) is 5.65 Å². The van der Waals surface area contributed by atoms with E-state index in [1.165, 1.54) is 0 Å². The number of pyridine rings is 1. The number of rotatable bonds is 4. The Morgan fingerprint density at radius 3 is 2.27 bits per heavy atom. The molecule has 1 aliphatic carbocycles. The zero-order valence-electron chi connectivity index (χ0n) is 15.6.